The predicted molar refractivity (Wildman–Crippen MR) is 77.7 cm³/mol. The Morgan fingerprint density at radius 3 is 3.00 bits per heavy atom. The van der Waals surface area contributed by atoms with Crippen LogP contribution in [0.5, 0.6) is 0 Å². The first-order chi connectivity index (χ1) is 10.7. The number of aryl methyl sites for hydroxylation is 1. The van der Waals surface area contributed by atoms with Gasteiger partial charge in [0.1, 0.15) is 0 Å². The van der Waals surface area contributed by atoms with Crippen LogP contribution in [-0.2, 0) is 11.2 Å². The number of β-amino-alcohol motifs (C(OH)–C–C–N with tert-alkyl or cyclic N) is 1. The van der Waals surface area contributed by atoms with E-state index in [0.29, 0.717) is 37.6 Å². The number of rotatable bonds is 4. The van der Waals surface area contributed by atoms with E-state index in [1.165, 1.54) is 0 Å². The summed E-state index contributed by atoms with van der Waals surface area (Å²) < 4.78 is 5.18. The zero-order valence-corrected chi connectivity index (χ0v) is 12.2. The Bertz CT molecular complexity index is 629. The van der Waals surface area contributed by atoms with Crippen molar-refractivity contribution in [2.75, 3.05) is 13.1 Å². The highest BCUT2D eigenvalue weighted by Crippen LogP contribution is 2.16. The molecule has 1 aliphatic heterocycles. The average molecular weight is 302 g/mol. The van der Waals surface area contributed by atoms with Gasteiger partial charge in [0.05, 0.1) is 6.10 Å². The summed E-state index contributed by atoms with van der Waals surface area (Å²) in [4.78, 5) is 22.0. The first-order valence-corrected chi connectivity index (χ1v) is 7.41. The summed E-state index contributed by atoms with van der Waals surface area (Å²) >= 11 is 0. The molecule has 0 aromatic carbocycles. The fraction of sp³-hybridized carbons (Fsp3) is 0.467. The van der Waals surface area contributed by atoms with Crippen molar-refractivity contribution >= 4 is 5.91 Å². The summed E-state index contributed by atoms with van der Waals surface area (Å²) in [5, 5.41) is 13.5. The number of aliphatic hydroxyl groups excluding tert-OH is 1. The molecule has 0 aliphatic carbocycles. The van der Waals surface area contributed by atoms with Crippen LogP contribution in [0.1, 0.15) is 25.2 Å². The van der Waals surface area contributed by atoms with Gasteiger partial charge in [-0.3, -0.25) is 9.78 Å². The number of hydrogen-bond donors (Lipinski definition) is 1. The van der Waals surface area contributed by atoms with E-state index in [9.17, 15) is 9.90 Å². The lowest BCUT2D eigenvalue weighted by Gasteiger charge is -2.30. The lowest BCUT2D eigenvalue weighted by Crippen LogP contribution is -2.42. The Morgan fingerprint density at radius 2 is 2.23 bits per heavy atom. The maximum absolute atomic E-state index is 12.1. The zero-order chi connectivity index (χ0) is 15.4. The highest BCUT2D eigenvalue weighted by Gasteiger charge is 2.22. The molecule has 2 aromatic heterocycles. The fourth-order valence-electron chi connectivity index (χ4n) is 2.53. The Kier molecular flexibility index (Phi) is 4.43. The van der Waals surface area contributed by atoms with Crippen LogP contribution < -0.4 is 0 Å². The minimum Gasteiger partial charge on any atom is -0.391 e. The smallest absolute Gasteiger partial charge is 0.227 e. The third-order valence-electron chi connectivity index (χ3n) is 3.71. The van der Waals surface area contributed by atoms with Crippen molar-refractivity contribution in [2.45, 2.75) is 31.8 Å². The van der Waals surface area contributed by atoms with Gasteiger partial charge in [-0.05, 0) is 25.0 Å². The number of carbonyl (C=O) groups excluding carboxylic acids is 1. The largest absolute Gasteiger partial charge is 0.391 e. The van der Waals surface area contributed by atoms with Gasteiger partial charge in [0.25, 0.3) is 0 Å². The quantitative estimate of drug-likeness (QED) is 0.907. The molecule has 3 heterocycles. The Labute approximate surface area is 128 Å². The van der Waals surface area contributed by atoms with Crippen LogP contribution in [-0.4, -0.2) is 50.2 Å². The van der Waals surface area contributed by atoms with E-state index in [4.69, 9.17) is 4.52 Å². The van der Waals surface area contributed by atoms with E-state index in [0.717, 1.165) is 18.4 Å². The second-order valence-corrected chi connectivity index (χ2v) is 5.38. The third-order valence-corrected chi connectivity index (χ3v) is 3.71. The molecule has 2 aromatic rings. The molecule has 1 amide bonds. The van der Waals surface area contributed by atoms with Crippen molar-refractivity contribution in [2.24, 2.45) is 0 Å². The van der Waals surface area contributed by atoms with Crippen molar-refractivity contribution in [3.63, 3.8) is 0 Å². The number of carbonyl (C=O) groups is 1. The van der Waals surface area contributed by atoms with Crippen molar-refractivity contribution in [1.82, 2.24) is 20.0 Å². The molecular formula is C15H18N4O3. The summed E-state index contributed by atoms with van der Waals surface area (Å²) in [6.07, 6.45) is 5.25. The molecule has 1 atom stereocenters. The predicted octanol–water partition coefficient (Wildman–Crippen LogP) is 1.05. The third kappa shape index (κ3) is 3.48. The number of likely N-dealkylation sites (tertiary alicyclic amines) is 1. The van der Waals surface area contributed by atoms with Crippen molar-refractivity contribution < 1.29 is 14.4 Å². The SMILES string of the molecule is O=C(CCc1nc(-c2ccncc2)no1)N1CCCC(O)C1. The number of aromatic nitrogens is 3. The molecule has 1 N–H and O–H groups in total. The molecular weight excluding hydrogens is 284 g/mol. The molecule has 3 rings (SSSR count). The molecule has 0 spiro atoms. The number of hydrogen-bond acceptors (Lipinski definition) is 6. The molecule has 1 fully saturated rings. The Hall–Kier alpha value is -2.28. The monoisotopic (exact) mass is 302 g/mol. The first-order valence-electron chi connectivity index (χ1n) is 7.41. The number of pyridine rings is 1. The number of nitrogens with zero attached hydrogens (tertiary/aromatic N) is 4. The second kappa shape index (κ2) is 6.65. The topological polar surface area (TPSA) is 92.3 Å². The molecule has 1 aliphatic rings. The second-order valence-electron chi connectivity index (χ2n) is 5.38. The number of amides is 1. The van der Waals surface area contributed by atoms with Crippen molar-refractivity contribution in [3.8, 4) is 11.4 Å². The maximum atomic E-state index is 12.1. The van der Waals surface area contributed by atoms with E-state index in [-0.39, 0.29) is 5.91 Å². The molecule has 1 unspecified atom stereocenters. The molecule has 116 valence electrons. The fourth-order valence-corrected chi connectivity index (χ4v) is 2.53. The van der Waals surface area contributed by atoms with Gasteiger partial charge < -0.3 is 14.5 Å². The molecule has 0 radical (unpaired) electrons. The Morgan fingerprint density at radius 1 is 1.41 bits per heavy atom. The average Bonchev–Trinajstić information content (AvgIpc) is 3.02. The standard InChI is InChI=1S/C15H18N4O3/c20-12-2-1-9-19(10-12)14(21)4-3-13-17-15(18-22-13)11-5-7-16-8-6-11/h5-8,12,20H,1-4,9-10H2. The van der Waals surface area contributed by atoms with Gasteiger partial charge in [-0.2, -0.15) is 4.98 Å². The molecule has 22 heavy (non-hydrogen) atoms. The molecule has 7 heteroatoms. The van der Waals surface area contributed by atoms with Crippen LogP contribution >= 0.6 is 0 Å². The first kappa shape index (κ1) is 14.6. The molecule has 0 saturated carbocycles. The van der Waals surface area contributed by atoms with Gasteiger partial charge >= 0.3 is 0 Å². The van der Waals surface area contributed by atoms with Crippen LogP contribution in [0.25, 0.3) is 11.4 Å². The van der Waals surface area contributed by atoms with E-state index in [2.05, 4.69) is 15.1 Å². The van der Waals surface area contributed by atoms with Gasteiger partial charge in [0.2, 0.25) is 17.6 Å². The summed E-state index contributed by atoms with van der Waals surface area (Å²) in [5.74, 6) is 0.957. The highest BCUT2D eigenvalue weighted by atomic mass is 16.5. The lowest BCUT2D eigenvalue weighted by atomic mass is 10.1. The summed E-state index contributed by atoms with van der Waals surface area (Å²) in [7, 11) is 0. The van der Waals surface area contributed by atoms with E-state index >= 15 is 0 Å². The zero-order valence-electron chi connectivity index (χ0n) is 12.2. The summed E-state index contributed by atoms with van der Waals surface area (Å²) in [5.41, 5.74) is 0.829. The van der Waals surface area contributed by atoms with Crippen LogP contribution in [0, 0.1) is 0 Å². The molecule has 1 saturated heterocycles. The van der Waals surface area contributed by atoms with Crippen LogP contribution in [0.2, 0.25) is 0 Å². The van der Waals surface area contributed by atoms with Gasteiger partial charge in [0.15, 0.2) is 0 Å². The summed E-state index contributed by atoms with van der Waals surface area (Å²) in [6, 6.07) is 3.60. The highest BCUT2D eigenvalue weighted by molar-refractivity contribution is 5.76. The van der Waals surface area contributed by atoms with Gasteiger partial charge in [-0.25, -0.2) is 0 Å². The van der Waals surface area contributed by atoms with E-state index < -0.39 is 6.10 Å². The van der Waals surface area contributed by atoms with Crippen molar-refractivity contribution in [1.29, 1.82) is 0 Å². The van der Waals surface area contributed by atoms with Gasteiger partial charge in [-0.1, -0.05) is 5.16 Å². The lowest BCUT2D eigenvalue weighted by molar-refractivity contribution is -0.134. The van der Waals surface area contributed by atoms with Crippen LogP contribution in [0.3, 0.4) is 0 Å². The van der Waals surface area contributed by atoms with Gasteiger partial charge in [-0.15, -0.1) is 0 Å². The molecule has 7 nitrogen and oxygen atoms in total. The maximum Gasteiger partial charge on any atom is 0.227 e. The molecule has 0 bridgehead atoms. The number of piperidine rings is 1. The van der Waals surface area contributed by atoms with Crippen LogP contribution in [0.15, 0.2) is 29.0 Å². The van der Waals surface area contributed by atoms with Gasteiger partial charge in [0, 0.05) is 43.9 Å². The van der Waals surface area contributed by atoms with Crippen LogP contribution in [0.4, 0.5) is 0 Å². The number of aliphatic hydroxyl groups is 1. The minimum atomic E-state index is -0.403. The Balaban J connectivity index is 1.56. The normalized spacial score (nSPS) is 18.4. The van der Waals surface area contributed by atoms with Crippen molar-refractivity contribution in [3.05, 3.63) is 30.4 Å². The van der Waals surface area contributed by atoms with E-state index in [1.807, 2.05) is 0 Å². The minimum absolute atomic E-state index is 0.0161. The summed E-state index contributed by atoms with van der Waals surface area (Å²) in [6.45, 7) is 1.13. The van der Waals surface area contributed by atoms with E-state index in [1.54, 1.807) is 29.4 Å².